The molecule has 0 aliphatic carbocycles. The smallest absolute Gasteiger partial charge is 0.127 e. The number of benzene rings is 2. The maximum Gasteiger partial charge on any atom is 0.127 e. The Balaban J connectivity index is 1.81. The summed E-state index contributed by atoms with van der Waals surface area (Å²) in [7, 11) is 0. The van der Waals surface area contributed by atoms with Gasteiger partial charge in [-0.15, -0.1) is 0 Å². The Labute approximate surface area is 123 Å². The maximum absolute atomic E-state index is 13.8. The molecule has 0 saturated heterocycles. The summed E-state index contributed by atoms with van der Waals surface area (Å²) in [6.45, 7) is 2.03. The van der Waals surface area contributed by atoms with Gasteiger partial charge in [0.25, 0.3) is 0 Å². The third-order valence-electron chi connectivity index (χ3n) is 3.80. The lowest BCUT2D eigenvalue weighted by Crippen LogP contribution is -2.29. The second kappa shape index (κ2) is 5.98. The van der Waals surface area contributed by atoms with Crippen LogP contribution in [0.4, 0.5) is 4.39 Å². The molecular formula is C17H18FNS. The zero-order valence-electron chi connectivity index (χ0n) is 11.5. The van der Waals surface area contributed by atoms with Gasteiger partial charge < -0.3 is 5.32 Å². The molecule has 0 saturated carbocycles. The van der Waals surface area contributed by atoms with E-state index < -0.39 is 0 Å². The molecule has 1 heterocycles. The SMILES string of the molecule is C[C@@H](NC1CSCc2ccccc21)c1ccccc1F. The molecule has 20 heavy (non-hydrogen) atoms. The molecule has 1 aliphatic rings. The van der Waals surface area contributed by atoms with Gasteiger partial charge >= 0.3 is 0 Å². The van der Waals surface area contributed by atoms with Crippen LogP contribution in [0.1, 0.15) is 35.7 Å². The molecular weight excluding hydrogens is 269 g/mol. The van der Waals surface area contributed by atoms with E-state index in [4.69, 9.17) is 0 Å². The number of nitrogens with one attached hydrogen (secondary N) is 1. The molecule has 0 radical (unpaired) electrons. The molecule has 2 aromatic carbocycles. The molecule has 104 valence electrons. The highest BCUT2D eigenvalue weighted by atomic mass is 32.2. The predicted octanol–water partition coefficient (Wildman–Crippen LogP) is 4.46. The molecule has 1 nitrogen and oxygen atoms in total. The van der Waals surface area contributed by atoms with Gasteiger partial charge in [-0.05, 0) is 24.1 Å². The number of fused-ring (bicyclic) bond motifs is 1. The molecule has 0 aromatic heterocycles. The van der Waals surface area contributed by atoms with Gasteiger partial charge in [0.1, 0.15) is 5.82 Å². The van der Waals surface area contributed by atoms with Crippen molar-refractivity contribution < 1.29 is 4.39 Å². The van der Waals surface area contributed by atoms with Gasteiger partial charge in [-0.3, -0.25) is 0 Å². The van der Waals surface area contributed by atoms with E-state index in [0.29, 0.717) is 6.04 Å². The Bertz CT molecular complexity index is 599. The molecule has 0 fully saturated rings. The largest absolute Gasteiger partial charge is 0.302 e. The van der Waals surface area contributed by atoms with E-state index in [2.05, 4.69) is 29.6 Å². The topological polar surface area (TPSA) is 12.0 Å². The fraction of sp³-hybridized carbons (Fsp3) is 0.294. The van der Waals surface area contributed by atoms with E-state index in [1.54, 1.807) is 6.07 Å². The molecule has 1 aliphatic heterocycles. The zero-order chi connectivity index (χ0) is 13.9. The number of thioether (sulfide) groups is 1. The summed E-state index contributed by atoms with van der Waals surface area (Å²) in [5.41, 5.74) is 3.48. The van der Waals surface area contributed by atoms with Gasteiger partial charge in [-0.2, -0.15) is 11.8 Å². The van der Waals surface area contributed by atoms with E-state index in [1.165, 1.54) is 17.2 Å². The van der Waals surface area contributed by atoms with Crippen molar-refractivity contribution in [3.05, 3.63) is 71.0 Å². The lowest BCUT2D eigenvalue weighted by molar-refractivity contribution is 0.475. The number of hydrogen-bond acceptors (Lipinski definition) is 2. The summed E-state index contributed by atoms with van der Waals surface area (Å²) in [6.07, 6.45) is 0. The lowest BCUT2D eigenvalue weighted by Gasteiger charge is -2.29. The van der Waals surface area contributed by atoms with E-state index >= 15 is 0 Å². The molecule has 0 bridgehead atoms. The first-order valence-corrected chi connectivity index (χ1v) is 8.07. The summed E-state index contributed by atoms with van der Waals surface area (Å²) in [6, 6.07) is 15.8. The van der Waals surface area contributed by atoms with Gasteiger partial charge in [-0.25, -0.2) is 4.39 Å². The highest BCUT2D eigenvalue weighted by molar-refractivity contribution is 7.98. The average Bonchev–Trinajstić information content (AvgIpc) is 2.48. The van der Waals surface area contributed by atoms with Gasteiger partial charge in [0.2, 0.25) is 0 Å². The second-order valence-electron chi connectivity index (χ2n) is 5.18. The molecule has 3 heteroatoms. The second-order valence-corrected chi connectivity index (χ2v) is 6.21. The van der Waals surface area contributed by atoms with Crippen LogP contribution in [0.15, 0.2) is 48.5 Å². The zero-order valence-corrected chi connectivity index (χ0v) is 12.3. The molecule has 2 aromatic rings. The van der Waals surface area contributed by atoms with E-state index in [9.17, 15) is 4.39 Å². The van der Waals surface area contributed by atoms with Crippen LogP contribution >= 0.6 is 11.8 Å². The van der Waals surface area contributed by atoms with Crippen molar-refractivity contribution in [1.29, 1.82) is 0 Å². The first-order valence-electron chi connectivity index (χ1n) is 6.91. The van der Waals surface area contributed by atoms with Crippen LogP contribution in [-0.4, -0.2) is 5.75 Å². The minimum Gasteiger partial charge on any atom is -0.302 e. The lowest BCUT2D eigenvalue weighted by atomic mass is 9.99. The number of halogens is 1. The first kappa shape index (κ1) is 13.7. The summed E-state index contributed by atoms with van der Waals surface area (Å²) < 4.78 is 13.8. The van der Waals surface area contributed by atoms with Crippen molar-refractivity contribution in [3.8, 4) is 0 Å². The predicted molar refractivity (Wildman–Crippen MR) is 83.3 cm³/mol. The fourth-order valence-electron chi connectivity index (χ4n) is 2.74. The van der Waals surface area contributed by atoms with Crippen molar-refractivity contribution in [2.45, 2.75) is 24.8 Å². The van der Waals surface area contributed by atoms with Crippen LogP contribution in [0.5, 0.6) is 0 Å². The van der Waals surface area contributed by atoms with Gasteiger partial charge in [0, 0.05) is 29.2 Å². The monoisotopic (exact) mass is 287 g/mol. The van der Waals surface area contributed by atoms with Crippen molar-refractivity contribution in [3.63, 3.8) is 0 Å². The van der Waals surface area contributed by atoms with Crippen LogP contribution in [0.2, 0.25) is 0 Å². The Hall–Kier alpha value is -1.32. The molecule has 0 spiro atoms. The highest BCUT2D eigenvalue weighted by Crippen LogP contribution is 2.33. The van der Waals surface area contributed by atoms with Crippen molar-refractivity contribution in [2.24, 2.45) is 0 Å². The number of rotatable bonds is 3. The third-order valence-corrected chi connectivity index (χ3v) is 4.88. The Morgan fingerprint density at radius 1 is 1.15 bits per heavy atom. The standard InChI is InChI=1S/C17H18FNS/c1-12(14-7-4-5-9-16(14)18)19-17-11-20-10-13-6-2-3-8-15(13)17/h2-9,12,17,19H,10-11H2,1H3/t12-,17?/m1/s1. The van der Waals surface area contributed by atoms with Gasteiger partial charge in [-0.1, -0.05) is 42.5 Å². The van der Waals surface area contributed by atoms with Crippen LogP contribution in [0.25, 0.3) is 0 Å². The maximum atomic E-state index is 13.8. The highest BCUT2D eigenvalue weighted by Gasteiger charge is 2.22. The van der Waals surface area contributed by atoms with E-state index in [-0.39, 0.29) is 11.9 Å². The average molecular weight is 287 g/mol. The minimum atomic E-state index is -0.135. The van der Waals surface area contributed by atoms with Gasteiger partial charge in [0.05, 0.1) is 0 Å². The van der Waals surface area contributed by atoms with E-state index in [0.717, 1.165) is 17.1 Å². The third kappa shape index (κ3) is 2.74. The Morgan fingerprint density at radius 3 is 2.75 bits per heavy atom. The minimum absolute atomic E-state index is 0.00737. The quantitative estimate of drug-likeness (QED) is 0.894. The molecule has 1 unspecified atom stereocenters. The van der Waals surface area contributed by atoms with Crippen LogP contribution in [-0.2, 0) is 5.75 Å². The molecule has 2 atom stereocenters. The van der Waals surface area contributed by atoms with Crippen molar-refractivity contribution in [1.82, 2.24) is 5.32 Å². The summed E-state index contributed by atoms with van der Waals surface area (Å²) in [5.74, 6) is 1.97. The van der Waals surface area contributed by atoms with E-state index in [1.807, 2.05) is 30.8 Å². The van der Waals surface area contributed by atoms with Crippen LogP contribution < -0.4 is 5.32 Å². The molecule has 1 N–H and O–H groups in total. The molecule has 3 rings (SSSR count). The number of hydrogen-bond donors (Lipinski definition) is 1. The van der Waals surface area contributed by atoms with Crippen LogP contribution in [0, 0.1) is 5.82 Å². The summed E-state index contributed by atoms with van der Waals surface area (Å²) in [4.78, 5) is 0. The fourth-order valence-corrected chi connectivity index (χ4v) is 3.85. The first-order chi connectivity index (χ1) is 9.75. The van der Waals surface area contributed by atoms with Crippen molar-refractivity contribution >= 4 is 11.8 Å². The van der Waals surface area contributed by atoms with Gasteiger partial charge in [0.15, 0.2) is 0 Å². The molecule has 0 amide bonds. The Kier molecular flexibility index (Phi) is 4.08. The summed E-state index contributed by atoms with van der Waals surface area (Å²) >= 11 is 1.93. The summed E-state index contributed by atoms with van der Waals surface area (Å²) in [5, 5.41) is 3.57. The van der Waals surface area contributed by atoms with Crippen molar-refractivity contribution in [2.75, 3.05) is 5.75 Å². The van der Waals surface area contributed by atoms with Crippen LogP contribution in [0.3, 0.4) is 0 Å². The Morgan fingerprint density at radius 2 is 1.90 bits per heavy atom. The normalized spacial score (nSPS) is 19.4.